The fourth-order valence-electron chi connectivity index (χ4n) is 2.67. The average molecular weight is 291 g/mol. The molecule has 0 spiro atoms. The van der Waals surface area contributed by atoms with Crippen molar-refractivity contribution in [3.8, 4) is 0 Å². The van der Waals surface area contributed by atoms with Crippen LogP contribution in [0.2, 0.25) is 0 Å². The Morgan fingerprint density at radius 2 is 2.45 bits per heavy atom. The molecule has 0 bridgehead atoms. The first kappa shape index (κ1) is 13.4. The van der Waals surface area contributed by atoms with Crippen molar-refractivity contribution >= 4 is 17.2 Å². The summed E-state index contributed by atoms with van der Waals surface area (Å²) in [5.74, 6) is 0.701. The van der Waals surface area contributed by atoms with Crippen LogP contribution in [0.5, 0.6) is 0 Å². The van der Waals surface area contributed by atoms with Crippen LogP contribution in [0.3, 0.4) is 0 Å². The van der Waals surface area contributed by atoms with Gasteiger partial charge < -0.3 is 14.8 Å². The Morgan fingerprint density at radius 1 is 1.60 bits per heavy atom. The Morgan fingerprint density at radius 3 is 3.20 bits per heavy atom. The SMILES string of the molecule is Cc1csc(C(=O)NCC2(O)CCCc3occc32)c1. The van der Waals surface area contributed by atoms with Gasteiger partial charge in [-0.3, -0.25) is 4.79 Å². The predicted octanol–water partition coefficient (Wildman–Crippen LogP) is 2.60. The molecule has 0 aromatic carbocycles. The first-order valence-corrected chi connectivity index (χ1v) is 7.59. The first-order valence-electron chi connectivity index (χ1n) is 6.71. The molecule has 0 saturated carbocycles. The van der Waals surface area contributed by atoms with Crippen LogP contribution in [0.4, 0.5) is 0 Å². The molecule has 1 atom stereocenters. The van der Waals surface area contributed by atoms with Crippen LogP contribution in [0.25, 0.3) is 0 Å². The van der Waals surface area contributed by atoms with Crippen molar-refractivity contribution in [1.82, 2.24) is 5.32 Å². The van der Waals surface area contributed by atoms with Crippen LogP contribution >= 0.6 is 11.3 Å². The molecule has 20 heavy (non-hydrogen) atoms. The van der Waals surface area contributed by atoms with E-state index >= 15 is 0 Å². The number of rotatable bonds is 3. The molecule has 1 aliphatic carbocycles. The van der Waals surface area contributed by atoms with Crippen molar-refractivity contribution in [3.63, 3.8) is 0 Å². The second kappa shape index (κ2) is 5.07. The summed E-state index contributed by atoms with van der Waals surface area (Å²) in [7, 11) is 0. The van der Waals surface area contributed by atoms with Crippen molar-refractivity contribution in [1.29, 1.82) is 0 Å². The number of hydrogen-bond donors (Lipinski definition) is 2. The highest BCUT2D eigenvalue weighted by atomic mass is 32.1. The standard InChI is InChI=1S/C15H17NO3S/c1-10-7-13(20-8-10)14(17)16-9-15(18)5-2-3-12-11(15)4-6-19-12/h4,6-8,18H,2-3,5,9H2,1H3,(H,16,17). The molecule has 1 unspecified atom stereocenters. The lowest BCUT2D eigenvalue weighted by molar-refractivity contribution is 0.0169. The van der Waals surface area contributed by atoms with Gasteiger partial charge in [0.05, 0.1) is 17.7 Å². The van der Waals surface area contributed by atoms with E-state index in [4.69, 9.17) is 4.42 Å². The lowest BCUT2D eigenvalue weighted by Gasteiger charge is -2.31. The molecule has 0 radical (unpaired) electrons. The van der Waals surface area contributed by atoms with Gasteiger partial charge in [0.15, 0.2) is 0 Å². The molecular weight excluding hydrogens is 274 g/mol. The van der Waals surface area contributed by atoms with E-state index in [0.29, 0.717) is 11.3 Å². The molecule has 0 aliphatic heterocycles. The average Bonchev–Trinajstić information content (AvgIpc) is 3.06. The third-order valence-electron chi connectivity index (χ3n) is 3.74. The fraction of sp³-hybridized carbons (Fsp3) is 0.400. The molecule has 0 fully saturated rings. The zero-order valence-electron chi connectivity index (χ0n) is 11.3. The summed E-state index contributed by atoms with van der Waals surface area (Å²) in [6, 6.07) is 3.66. The van der Waals surface area contributed by atoms with Gasteiger partial charge in [-0.15, -0.1) is 11.3 Å². The number of nitrogens with one attached hydrogen (secondary N) is 1. The van der Waals surface area contributed by atoms with Crippen molar-refractivity contribution in [2.24, 2.45) is 0 Å². The van der Waals surface area contributed by atoms with Crippen molar-refractivity contribution in [2.75, 3.05) is 6.54 Å². The molecule has 2 heterocycles. The Kier molecular flexibility index (Phi) is 3.40. The topological polar surface area (TPSA) is 62.5 Å². The number of carbonyl (C=O) groups excluding carboxylic acids is 1. The van der Waals surface area contributed by atoms with Crippen LogP contribution in [0.1, 0.15) is 39.4 Å². The highest BCUT2D eigenvalue weighted by Gasteiger charge is 2.36. The molecule has 2 N–H and O–H groups in total. The number of furan rings is 1. The Hall–Kier alpha value is -1.59. The zero-order chi connectivity index (χ0) is 14.2. The summed E-state index contributed by atoms with van der Waals surface area (Å²) in [4.78, 5) is 12.7. The van der Waals surface area contributed by atoms with Crippen molar-refractivity contribution in [3.05, 3.63) is 45.5 Å². The van der Waals surface area contributed by atoms with Gasteiger partial charge >= 0.3 is 0 Å². The largest absolute Gasteiger partial charge is 0.469 e. The number of fused-ring (bicyclic) bond motifs is 1. The second-order valence-corrected chi connectivity index (χ2v) is 6.22. The second-order valence-electron chi connectivity index (χ2n) is 5.31. The van der Waals surface area contributed by atoms with Crippen molar-refractivity contribution in [2.45, 2.75) is 31.8 Å². The highest BCUT2D eigenvalue weighted by molar-refractivity contribution is 7.12. The molecule has 1 aliphatic rings. The third kappa shape index (κ3) is 2.39. The van der Waals surface area contributed by atoms with Crippen LogP contribution in [0, 0.1) is 6.92 Å². The minimum absolute atomic E-state index is 0.132. The molecule has 0 saturated heterocycles. The number of aryl methyl sites for hydroxylation is 2. The first-order chi connectivity index (χ1) is 9.58. The van der Waals surface area contributed by atoms with Crippen LogP contribution < -0.4 is 5.32 Å². The van der Waals surface area contributed by atoms with Gasteiger partial charge in [0.25, 0.3) is 5.91 Å². The molecule has 2 aromatic rings. The van der Waals surface area contributed by atoms with Crippen LogP contribution in [0.15, 0.2) is 28.2 Å². The lowest BCUT2D eigenvalue weighted by atomic mass is 9.83. The number of hydrogen-bond acceptors (Lipinski definition) is 4. The summed E-state index contributed by atoms with van der Waals surface area (Å²) in [6.45, 7) is 2.18. The van der Waals surface area contributed by atoms with Crippen molar-refractivity contribution < 1.29 is 14.3 Å². The van der Waals surface area contributed by atoms with E-state index in [1.165, 1.54) is 11.3 Å². The van der Waals surface area contributed by atoms with E-state index in [1.54, 1.807) is 12.3 Å². The molecular formula is C15H17NO3S. The maximum Gasteiger partial charge on any atom is 0.261 e. The summed E-state index contributed by atoms with van der Waals surface area (Å²) in [6.07, 6.45) is 3.96. The minimum atomic E-state index is -1.01. The minimum Gasteiger partial charge on any atom is -0.469 e. The Balaban J connectivity index is 1.71. The monoisotopic (exact) mass is 291 g/mol. The van der Waals surface area contributed by atoms with E-state index in [9.17, 15) is 9.90 Å². The third-order valence-corrected chi connectivity index (χ3v) is 4.78. The summed E-state index contributed by atoms with van der Waals surface area (Å²) in [5, 5.41) is 15.5. The van der Waals surface area contributed by atoms with Gasteiger partial charge in [-0.05, 0) is 42.8 Å². The quantitative estimate of drug-likeness (QED) is 0.913. The van der Waals surface area contributed by atoms with Crippen LogP contribution in [-0.4, -0.2) is 17.6 Å². The Bertz CT molecular complexity index is 631. The van der Waals surface area contributed by atoms with E-state index in [-0.39, 0.29) is 12.5 Å². The van der Waals surface area contributed by atoms with Gasteiger partial charge in [0.1, 0.15) is 11.4 Å². The maximum atomic E-state index is 12.1. The molecule has 1 amide bonds. The van der Waals surface area contributed by atoms with Gasteiger partial charge in [-0.1, -0.05) is 0 Å². The molecule has 2 aromatic heterocycles. The predicted molar refractivity (Wildman–Crippen MR) is 76.9 cm³/mol. The normalized spacial score (nSPS) is 21.5. The lowest BCUT2D eigenvalue weighted by Crippen LogP contribution is -2.42. The van der Waals surface area contributed by atoms with Gasteiger partial charge in [0, 0.05) is 12.0 Å². The fourth-order valence-corrected chi connectivity index (χ4v) is 3.49. The van der Waals surface area contributed by atoms with Gasteiger partial charge in [0.2, 0.25) is 0 Å². The van der Waals surface area contributed by atoms with E-state index in [1.807, 2.05) is 18.4 Å². The highest BCUT2D eigenvalue weighted by Crippen LogP contribution is 2.35. The number of carbonyl (C=O) groups is 1. The van der Waals surface area contributed by atoms with E-state index in [2.05, 4.69) is 5.32 Å². The van der Waals surface area contributed by atoms with E-state index in [0.717, 1.165) is 29.7 Å². The number of thiophene rings is 1. The molecule has 5 heteroatoms. The number of amides is 1. The van der Waals surface area contributed by atoms with E-state index < -0.39 is 5.60 Å². The van der Waals surface area contributed by atoms with Gasteiger partial charge in [-0.2, -0.15) is 0 Å². The van der Waals surface area contributed by atoms with Crippen LogP contribution in [-0.2, 0) is 12.0 Å². The molecule has 3 rings (SSSR count). The zero-order valence-corrected chi connectivity index (χ0v) is 12.1. The Labute approximate surface area is 121 Å². The molecule has 4 nitrogen and oxygen atoms in total. The number of aliphatic hydroxyl groups is 1. The summed E-state index contributed by atoms with van der Waals surface area (Å²) in [5.41, 5.74) is 0.878. The summed E-state index contributed by atoms with van der Waals surface area (Å²) >= 11 is 1.42. The summed E-state index contributed by atoms with van der Waals surface area (Å²) < 4.78 is 5.38. The maximum absolute atomic E-state index is 12.1. The smallest absolute Gasteiger partial charge is 0.261 e. The molecule has 106 valence electrons. The van der Waals surface area contributed by atoms with Gasteiger partial charge in [-0.25, -0.2) is 0 Å².